The van der Waals surface area contributed by atoms with Crippen molar-refractivity contribution in [3.8, 4) is 0 Å². The predicted molar refractivity (Wildman–Crippen MR) is 81.8 cm³/mol. The molecule has 116 valence electrons. The van der Waals surface area contributed by atoms with Crippen molar-refractivity contribution in [2.45, 2.75) is 83.7 Å². The van der Waals surface area contributed by atoms with Crippen molar-refractivity contribution in [1.29, 1.82) is 0 Å². The molecule has 0 spiro atoms. The fourth-order valence-electron chi connectivity index (χ4n) is 4.35. The Labute approximate surface area is 123 Å². The Bertz CT molecular complexity index is 318. The third-order valence-electron chi connectivity index (χ3n) is 5.47. The van der Waals surface area contributed by atoms with Crippen molar-refractivity contribution in [3.63, 3.8) is 0 Å². The molecule has 0 aromatic rings. The van der Waals surface area contributed by atoms with Gasteiger partial charge in [0, 0.05) is 12.1 Å². The van der Waals surface area contributed by atoms with Gasteiger partial charge in [-0.2, -0.15) is 0 Å². The molecule has 0 bridgehead atoms. The minimum Gasteiger partial charge on any atom is -0.481 e. The first kappa shape index (κ1) is 15.8. The van der Waals surface area contributed by atoms with Crippen LogP contribution >= 0.6 is 0 Å². The van der Waals surface area contributed by atoms with Crippen LogP contribution in [0.25, 0.3) is 0 Å². The van der Waals surface area contributed by atoms with E-state index in [0.29, 0.717) is 6.04 Å². The van der Waals surface area contributed by atoms with Gasteiger partial charge in [0.25, 0.3) is 0 Å². The van der Waals surface area contributed by atoms with E-state index in [-0.39, 0.29) is 12.0 Å². The summed E-state index contributed by atoms with van der Waals surface area (Å²) in [5.41, 5.74) is 0. The van der Waals surface area contributed by atoms with Crippen molar-refractivity contribution in [2.75, 3.05) is 6.54 Å². The summed E-state index contributed by atoms with van der Waals surface area (Å²) in [6.45, 7) is 5.65. The lowest BCUT2D eigenvalue weighted by Gasteiger charge is -2.43. The van der Waals surface area contributed by atoms with E-state index in [1.807, 2.05) is 0 Å². The van der Waals surface area contributed by atoms with Gasteiger partial charge in [0.15, 0.2) is 0 Å². The number of carbonyl (C=O) groups is 1. The summed E-state index contributed by atoms with van der Waals surface area (Å²) in [6, 6.07) is 0.843. The molecule has 4 unspecified atom stereocenters. The van der Waals surface area contributed by atoms with Crippen molar-refractivity contribution in [1.82, 2.24) is 4.90 Å². The maximum atomic E-state index is 11.6. The highest BCUT2D eigenvalue weighted by Gasteiger charge is 2.39. The lowest BCUT2D eigenvalue weighted by molar-refractivity contribution is -0.146. The Hall–Kier alpha value is -0.570. The van der Waals surface area contributed by atoms with Crippen molar-refractivity contribution in [2.24, 2.45) is 11.8 Å². The molecule has 2 rings (SSSR count). The largest absolute Gasteiger partial charge is 0.481 e. The molecule has 1 N–H and O–H groups in total. The highest BCUT2D eigenvalue weighted by atomic mass is 16.4. The number of hydrogen-bond acceptors (Lipinski definition) is 2. The van der Waals surface area contributed by atoms with Crippen molar-refractivity contribution < 1.29 is 9.90 Å². The van der Waals surface area contributed by atoms with E-state index in [9.17, 15) is 9.90 Å². The quantitative estimate of drug-likeness (QED) is 0.849. The number of carboxylic acids is 1. The zero-order chi connectivity index (χ0) is 14.5. The highest BCUT2D eigenvalue weighted by Crippen LogP contribution is 2.37. The third-order valence-corrected chi connectivity index (χ3v) is 5.47. The average molecular weight is 281 g/mol. The Balaban J connectivity index is 2.10. The minimum absolute atomic E-state index is 0.136. The molecule has 0 amide bonds. The van der Waals surface area contributed by atoms with Crippen LogP contribution in [0.4, 0.5) is 0 Å². The van der Waals surface area contributed by atoms with Gasteiger partial charge in [-0.05, 0) is 51.5 Å². The van der Waals surface area contributed by atoms with E-state index < -0.39 is 5.97 Å². The van der Waals surface area contributed by atoms with E-state index in [1.54, 1.807) is 0 Å². The second-order valence-corrected chi connectivity index (χ2v) is 6.92. The van der Waals surface area contributed by atoms with Crippen molar-refractivity contribution in [3.05, 3.63) is 0 Å². The first-order chi connectivity index (χ1) is 9.63. The second-order valence-electron chi connectivity index (χ2n) is 6.92. The van der Waals surface area contributed by atoms with E-state index in [4.69, 9.17) is 0 Å². The molecule has 1 heterocycles. The molecule has 0 aromatic carbocycles. The van der Waals surface area contributed by atoms with Crippen molar-refractivity contribution >= 4 is 5.97 Å². The lowest BCUT2D eigenvalue weighted by Crippen LogP contribution is -2.50. The fraction of sp³-hybridized carbons (Fsp3) is 0.941. The summed E-state index contributed by atoms with van der Waals surface area (Å²) >= 11 is 0. The number of carboxylic acid groups (broad SMARTS) is 1. The van der Waals surface area contributed by atoms with Crippen LogP contribution in [0.2, 0.25) is 0 Å². The fourth-order valence-corrected chi connectivity index (χ4v) is 4.35. The van der Waals surface area contributed by atoms with E-state index in [0.717, 1.165) is 31.7 Å². The number of nitrogens with zero attached hydrogens (tertiary/aromatic N) is 1. The summed E-state index contributed by atoms with van der Waals surface area (Å²) in [7, 11) is 0. The lowest BCUT2D eigenvalue weighted by atomic mass is 9.75. The molecule has 0 aromatic heterocycles. The van der Waals surface area contributed by atoms with Gasteiger partial charge in [-0.1, -0.05) is 32.6 Å². The first-order valence-corrected chi connectivity index (χ1v) is 8.62. The van der Waals surface area contributed by atoms with E-state index >= 15 is 0 Å². The second kappa shape index (κ2) is 7.44. The normalized spacial score (nSPS) is 36.5. The molecule has 0 radical (unpaired) electrons. The smallest absolute Gasteiger partial charge is 0.308 e. The van der Waals surface area contributed by atoms with Crippen LogP contribution in [-0.4, -0.2) is 34.6 Å². The van der Waals surface area contributed by atoms with Crippen LogP contribution in [0, 0.1) is 11.8 Å². The number of likely N-dealkylation sites (tertiary alicyclic amines) is 1. The summed E-state index contributed by atoms with van der Waals surface area (Å²) in [5.74, 6) is 0.0427. The maximum Gasteiger partial charge on any atom is 0.308 e. The average Bonchev–Trinajstić information content (AvgIpc) is 2.63. The van der Waals surface area contributed by atoms with Gasteiger partial charge in [0.05, 0.1) is 5.92 Å². The van der Waals surface area contributed by atoms with E-state index in [1.165, 1.54) is 38.5 Å². The summed E-state index contributed by atoms with van der Waals surface area (Å²) in [4.78, 5) is 14.2. The molecule has 3 nitrogen and oxygen atoms in total. The molecule has 20 heavy (non-hydrogen) atoms. The van der Waals surface area contributed by atoms with Gasteiger partial charge in [0.1, 0.15) is 0 Å². The van der Waals surface area contributed by atoms with Crippen LogP contribution < -0.4 is 0 Å². The van der Waals surface area contributed by atoms with Crippen LogP contribution in [0.1, 0.15) is 71.6 Å². The molecule has 1 saturated heterocycles. The van der Waals surface area contributed by atoms with Gasteiger partial charge >= 0.3 is 5.97 Å². The van der Waals surface area contributed by atoms with E-state index in [2.05, 4.69) is 18.7 Å². The number of aliphatic carboxylic acids is 1. The number of rotatable bonds is 4. The molecular weight excluding hydrogens is 250 g/mol. The zero-order valence-electron chi connectivity index (χ0n) is 13.2. The molecular formula is C17H31NO2. The SMILES string of the molecule is CCCC1CCC(C(=O)O)C(N2CCCCCC2C)C1. The van der Waals surface area contributed by atoms with Crippen LogP contribution in [-0.2, 0) is 4.79 Å². The summed E-state index contributed by atoms with van der Waals surface area (Å²) in [6.07, 6.45) is 10.7. The molecule has 1 aliphatic carbocycles. The Kier molecular flexibility index (Phi) is 5.88. The summed E-state index contributed by atoms with van der Waals surface area (Å²) in [5, 5.41) is 9.59. The Morgan fingerprint density at radius 2 is 2.00 bits per heavy atom. The first-order valence-electron chi connectivity index (χ1n) is 8.62. The van der Waals surface area contributed by atoms with Gasteiger partial charge < -0.3 is 5.11 Å². The van der Waals surface area contributed by atoms with Crippen LogP contribution in [0.5, 0.6) is 0 Å². The predicted octanol–water partition coefficient (Wildman–Crippen LogP) is 3.92. The molecule has 4 atom stereocenters. The maximum absolute atomic E-state index is 11.6. The molecule has 1 saturated carbocycles. The minimum atomic E-state index is -0.568. The monoisotopic (exact) mass is 281 g/mol. The molecule has 3 heteroatoms. The zero-order valence-corrected chi connectivity index (χ0v) is 13.2. The third kappa shape index (κ3) is 3.75. The highest BCUT2D eigenvalue weighted by molar-refractivity contribution is 5.71. The van der Waals surface area contributed by atoms with Gasteiger partial charge in [-0.15, -0.1) is 0 Å². The Morgan fingerprint density at radius 3 is 2.70 bits per heavy atom. The summed E-state index contributed by atoms with van der Waals surface area (Å²) < 4.78 is 0. The van der Waals surface area contributed by atoms with Crippen LogP contribution in [0.3, 0.4) is 0 Å². The Morgan fingerprint density at radius 1 is 1.20 bits per heavy atom. The molecule has 1 aliphatic heterocycles. The van der Waals surface area contributed by atoms with Gasteiger partial charge in [0.2, 0.25) is 0 Å². The van der Waals surface area contributed by atoms with Gasteiger partial charge in [-0.3, -0.25) is 9.69 Å². The molecule has 2 fully saturated rings. The standard InChI is InChI=1S/C17H31NO2/c1-3-7-14-9-10-15(17(19)20)16(12-14)18-11-6-4-5-8-13(18)2/h13-16H,3-12H2,1-2H3,(H,19,20). The molecule has 2 aliphatic rings. The van der Waals surface area contributed by atoms with Gasteiger partial charge in [-0.25, -0.2) is 0 Å². The van der Waals surface area contributed by atoms with Crippen LogP contribution in [0.15, 0.2) is 0 Å². The topological polar surface area (TPSA) is 40.5 Å². The number of hydrogen-bond donors (Lipinski definition) is 1.